The molecule has 3 heteroatoms. The number of rotatable bonds is 5. The van der Waals surface area contributed by atoms with Crippen LogP contribution in [-0.2, 0) is 0 Å². The van der Waals surface area contributed by atoms with Gasteiger partial charge in [-0.3, -0.25) is 0 Å². The van der Waals surface area contributed by atoms with E-state index in [0.29, 0.717) is 6.61 Å². The minimum atomic E-state index is -0.186. The molecule has 1 aliphatic carbocycles. The zero-order valence-corrected chi connectivity index (χ0v) is 9.56. The van der Waals surface area contributed by atoms with Crippen molar-refractivity contribution in [2.24, 2.45) is 0 Å². The zero-order chi connectivity index (χ0) is 11.4. The first-order valence-corrected chi connectivity index (χ1v) is 5.86. The topological polar surface area (TPSA) is 38.7 Å². The molecule has 3 nitrogen and oxygen atoms in total. The first kappa shape index (κ1) is 11.3. The molecule has 0 unspecified atom stereocenters. The van der Waals surface area contributed by atoms with Gasteiger partial charge in [0.1, 0.15) is 6.10 Å². The predicted molar refractivity (Wildman–Crippen MR) is 61.9 cm³/mol. The molecule has 0 atom stereocenters. The van der Waals surface area contributed by atoms with Crippen LogP contribution in [0.2, 0.25) is 0 Å². The Hall–Kier alpha value is -1.22. The van der Waals surface area contributed by atoms with Crippen LogP contribution >= 0.6 is 0 Å². The summed E-state index contributed by atoms with van der Waals surface area (Å²) in [5, 5.41) is 9.20. The summed E-state index contributed by atoms with van der Waals surface area (Å²) in [6, 6.07) is 7.70. The first-order valence-electron chi connectivity index (χ1n) is 5.86. The van der Waals surface area contributed by atoms with Crippen LogP contribution < -0.4 is 9.47 Å². The molecule has 0 aliphatic heterocycles. The zero-order valence-electron chi connectivity index (χ0n) is 9.56. The molecule has 2 rings (SSSR count). The molecule has 0 bridgehead atoms. The summed E-state index contributed by atoms with van der Waals surface area (Å²) in [6.07, 6.45) is 2.39. The van der Waals surface area contributed by atoms with E-state index in [1.165, 1.54) is 0 Å². The van der Waals surface area contributed by atoms with Gasteiger partial charge in [0, 0.05) is 12.8 Å². The van der Waals surface area contributed by atoms with E-state index in [0.717, 1.165) is 30.8 Å². The Labute approximate surface area is 96.0 Å². The number of hydrogen-bond donors (Lipinski definition) is 1. The molecule has 1 aliphatic rings. The van der Waals surface area contributed by atoms with Crippen molar-refractivity contribution < 1.29 is 14.6 Å². The Morgan fingerprint density at radius 3 is 2.56 bits per heavy atom. The average molecular weight is 222 g/mol. The molecule has 1 saturated carbocycles. The highest BCUT2D eigenvalue weighted by molar-refractivity contribution is 5.39. The van der Waals surface area contributed by atoms with Gasteiger partial charge in [0.25, 0.3) is 0 Å². The van der Waals surface area contributed by atoms with Crippen LogP contribution in [0.15, 0.2) is 24.3 Å². The summed E-state index contributed by atoms with van der Waals surface area (Å²) >= 11 is 0. The number of ether oxygens (including phenoxy) is 2. The maximum atomic E-state index is 9.20. The van der Waals surface area contributed by atoms with E-state index in [2.05, 4.69) is 6.92 Å². The second-order valence-corrected chi connectivity index (χ2v) is 4.16. The summed E-state index contributed by atoms with van der Waals surface area (Å²) in [6.45, 7) is 2.78. The number of aliphatic hydroxyl groups is 1. The molecule has 88 valence electrons. The highest BCUT2D eigenvalue weighted by Gasteiger charge is 2.29. The van der Waals surface area contributed by atoms with Crippen LogP contribution in [-0.4, -0.2) is 23.9 Å². The van der Waals surface area contributed by atoms with Gasteiger partial charge in [-0.2, -0.15) is 0 Å². The first-order chi connectivity index (χ1) is 7.79. The smallest absolute Gasteiger partial charge is 0.161 e. The molecule has 16 heavy (non-hydrogen) atoms. The summed E-state index contributed by atoms with van der Waals surface area (Å²) in [5.41, 5.74) is 0. The molecule has 0 aromatic heterocycles. The molecule has 1 aromatic rings. The third-order valence-electron chi connectivity index (χ3n) is 2.67. The molecular weight excluding hydrogens is 204 g/mol. The van der Waals surface area contributed by atoms with E-state index in [4.69, 9.17) is 9.47 Å². The second kappa shape index (κ2) is 5.21. The summed E-state index contributed by atoms with van der Waals surface area (Å²) in [7, 11) is 0. The van der Waals surface area contributed by atoms with Crippen molar-refractivity contribution in [1.29, 1.82) is 0 Å². The third kappa shape index (κ3) is 2.67. The van der Waals surface area contributed by atoms with Crippen LogP contribution in [0, 0.1) is 0 Å². The van der Waals surface area contributed by atoms with E-state index in [-0.39, 0.29) is 12.2 Å². The molecule has 1 N–H and O–H groups in total. The number of hydrogen-bond acceptors (Lipinski definition) is 3. The second-order valence-electron chi connectivity index (χ2n) is 4.16. The Balaban J connectivity index is 1.96. The lowest BCUT2D eigenvalue weighted by Crippen LogP contribution is -2.37. The molecule has 0 radical (unpaired) electrons. The maximum absolute atomic E-state index is 9.20. The van der Waals surface area contributed by atoms with Gasteiger partial charge in [-0.05, 0) is 18.6 Å². The number of para-hydroxylation sites is 2. The van der Waals surface area contributed by atoms with Crippen molar-refractivity contribution in [2.45, 2.75) is 38.4 Å². The fourth-order valence-electron chi connectivity index (χ4n) is 1.69. The van der Waals surface area contributed by atoms with Crippen LogP contribution in [0.1, 0.15) is 26.2 Å². The minimum Gasteiger partial charge on any atom is -0.490 e. The van der Waals surface area contributed by atoms with E-state index in [1.54, 1.807) is 0 Å². The van der Waals surface area contributed by atoms with Gasteiger partial charge >= 0.3 is 0 Å². The van der Waals surface area contributed by atoms with Gasteiger partial charge in [0.05, 0.1) is 12.7 Å². The quantitative estimate of drug-likeness (QED) is 0.831. The van der Waals surface area contributed by atoms with Crippen LogP contribution in [0.4, 0.5) is 0 Å². The van der Waals surface area contributed by atoms with Crippen molar-refractivity contribution in [3.8, 4) is 11.5 Å². The molecule has 0 heterocycles. The molecule has 1 fully saturated rings. The highest BCUT2D eigenvalue weighted by atomic mass is 16.5. The standard InChI is InChI=1S/C13H18O3/c1-2-7-15-12-5-3-4-6-13(12)16-11-8-10(14)9-11/h3-6,10-11,14H,2,7-9H2,1H3. The normalized spacial score (nSPS) is 23.6. The lowest BCUT2D eigenvalue weighted by Gasteiger charge is -2.32. The molecule has 0 spiro atoms. The number of aliphatic hydroxyl groups excluding tert-OH is 1. The third-order valence-corrected chi connectivity index (χ3v) is 2.67. The van der Waals surface area contributed by atoms with E-state index >= 15 is 0 Å². The Morgan fingerprint density at radius 2 is 1.94 bits per heavy atom. The Morgan fingerprint density at radius 1 is 1.25 bits per heavy atom. The van der Waals surface area contributed by atoms with Crippen molar-refractivity contribution >= 4 is 0 Å². The Kier molecular flexibility index (Phi) is 3.67. The highest BCUT2D eigenvalue weighted by Crippen LogP contribution is 2.32. The SMILES string of the molecule is CCCOc1ccccc1OC1CC(O)C1. The van der Waals surface area contributed by atoms with Crippen molar-refractivity contribution in [3.05, 3.63) is 24.3 Å². The monoisotopic (exact) mass is 222 g/mol. The van der Waals surface area contributed by atoms with Crippen LogP contribution in [0.25, 0.3) is 0 Å². The van der Waals surface area contributed by atoms with Crippen molar-refractivity contribution in [1.82, 2.24) is 0 Å². The van der Waals surface area contributed by atoms with E-state index < -0.39 is 0 Å². The fraction of sp³-hybridized carbons (Fsp3) is 0.538. The van der Waals surface area contributed by atoms with Crippen LogP contribution in [0.3, 0.4) is 0 Å². The lowest BCUT2D eigenvalue weighted by molar-refractivity contribution is -0.0120. The molecule has 0 amide bonds. The van der Waals surface area contributed by atoms with Gasteiger partial charge in [-0.1, -0.05) is 19.1 Å². The van der Waals surface area contributed by atoms with E-state index in [1.807, 2.05) is 24.3 Å². The summed E-state index contributed by atoms with van der Waals surface area (Å²) in [5.74, 6) is 1.58. The fourth-order valence-corrected chi connectivity index (χ4v) is 1.69. The van der Waals surface area contributed by atoms with Gasteiger partial charge in [-0.15, -0.1) is 0 Å². The predicted octanol–water partition coefficient (Wildman–Crippen LogP) is 2.38. The lowest BCUT2D eigenvalue weighted by atomic mass is 9.92. The molecule has 0 saturated heterocycles. The van der Waals surface area contributed by atoms with Crippen molar-refractivity contribution in [3.63, 3.8) is 0 Å². The number of benzene rings is 1. The summed E-state index contributed by atoms with van der Waals surface area (Å²) in [4.78, 5) is 0. The van der Waals surface area contributed by atoms with Gasteiger partial charge in [-0.25, -0.2) is 0 Å². The molecule has 1 aromatic carbocycles. The summed E-state index contributed by atoms with van der Waals surface area (Å²) < 4.78 is 11.4. The van der Waals surface area contributed by atoms with Gasteiger partial charge < -0.3 is 14.6 Å². The van der Waals surface area contributed by atoms with E-state index in [9.17, 15) is 5.11 Å². The largest absolute Gasteiger partial charge is 0.490 e. The maximum Gasteiger partial charge on any atom is 0.161 e. The van der Waals surface area contributed by atoms with Gasteiger partial charge in [0.2, 0.25) is 0 Å². The minimum absolute atomic E-state index is 0.140. The van der Waals surface area contributed by atoms with Crippen molar-refractivity contribution in [2.75, 3.05) is 6.61 Å². The van der Waals surface area contributed by atoms with Gasteiger partial charge in [0.15, 0.2) is 11.5 Å². The van der Waals surface area contributed by atoms with Crippen LogP contribution in [0.5, 0.6) is 11.5 Å². The average Bonchev–Trinajstić information content (AvgIpc) is 2.26. The molecular formula is C13H18O3. The Bertz CT molecular complexity index is 332.